The van der Waals surface area contributed by atoms with Gasteiger partial charge in [-0.1, -0.05) is 129 Å². The second kappa shape index (κ2) is 31.5. The maximum Gasteiger partial charge on any atom is 0.306 e. The third-order valence-corrected chi connectivity index (χ3v) is 9.03. The van der Waals surface area contributed by atoms with Gasteiger partial charge in [-0.3, -0.25) is 9.36 Å². The fourth-order valence-electron chi connectivity index (χ4n) is 5.07. The van der Waals surface area contributed by atoms with E-state index in [1.807, 2.05) is 21.1 Å². The maximum absolute atomic E-state index is 12.4. The van der Waals surface area contributed by atoms with E-state index in [4.69, 9.17) is 18.5 Å². The van der Waals surface area contributed by atoms with Crippen LogP contribution in [0.15, 0.2) is 12.2 Å². The normalized spacial score (nSPS) is 14.1. The van der Waals surface area contributed by atoms with Crippen LogP contribution in [0.4, 0.5) is 0 Å². The molecule has 0 aliphatic heterocycles. The number of ether oxygens (including phenoxy) is 2. The molecule has 274 valence electrons. The van der Waals surface area contributed by atoms with Crippen molar-refractivity contribution in [1.29, 1.82) is 0 Å². The SMILES string of the molecule is CCCCCCCCC/C=C\CCCCCCCCCCOCC(COP(=O)([O-])OCC[N+](C)(C)C)OC(=O)CCCCCCC. The van der Waals surface area contributed by atoms with Gasteiger partial charge in [0.05, 0.1) is 34.4 Å². The molecule has 8 nitrogen and oxygen atoms in total. The number of hydrogen-bond acceptors (Lipinski definition) is 7. The van der Waals surface area contributed by atoms with Crippen molar-refractivity contribution < 1.29 is 37.3 Å². The molecule has 0 amide bonds. The van der Waals surface area contributed by atoms with Gasteiger partial charge in [0.2, 0.25) is 0 Å². The van der Waals surface area contributed by atoms with E-state index in [1.54, 1.807) is 0 Å². The van der Waals surface area contributed by atoms with Crippen molar-refractivity contribution in [1.82, 2.24) is 0 Å². The molecule has 0 aromatic rings. The molecular weight excluding hydrogens is 601 g/mol. The number of carbonyl (C=O) groups excluding carboxylic acids is 1. The third kappa shape index (κ3) is 34.6. The predicted octanol–water partition coefficient (Wildman–Crippen LogP) is 9.69. The minimum absolute atomic E-state index is 0.0275. The molecule has 0 bridgehead atoms. The number of phosphoric ester groups is 1. The van der Waals surface area contributed by atoms with Crippen LogP contribution in [0.5, 0.6) is 0 Å². The fraction of sp³-hybridized carbons (Fsp3) is 0.919. The van der Waals surface area contributed by atoms with Gasteiger partial charge in [-0.15, -0.1) is 0 Å². The number of nitrogens with zero attached hydrogens (tertiary/aromatic N) is 1. The van der Waals surface area contributed by atoms with Crippen LogP contribution in [-0.4, -0.2) is 70.7 Å². The largest absolute Gasteiger partial charge is 0.756 e. The van der Waals surface area contributed by atoms with Crippen molar-refractivity contribution in [3.8, 4) is 0 Å². The van der Waals surface area contributed by atoms with Gasteiger partial charge >= 0.3 is 5.97 Å². The van der Waals surface area contributed by atoms with Gasteiger partial charge in [-0.2, -0.15) is 0 Å². The average Bonchev–Trinajstić information content (AvgIpc) is 2.99. The lowest BCUT2D eigenvalue weighted by Gasteiger charge is -2.28. The second-order valence-electron chi connectivity index (χ2n) is 13.9. The minimum Gasteiger partial charge on any atom is -0.756 e. The zero-order valence-electron chi connectivity index (χ0n) is 30.8. The monoisotopic (exact) mass is 676 g/mol. The summed E-state index contributed by atoms with van der Waals surface area (Å²) in [7, 11) is 1.36. The highest BCUT2D eigenvalue weighted by molar-refractivity contribution is 7.45. The Kier molecular flexibility index (Phi) is 31.0. The summed E-state index contributed by atoms with van der Waals surface area (Å²) in [5.74, 6) is -0.347. The molecule has 0 heterocycles. The zero-order chi connectivity index (χ0) is 34.2. The number of allylic oxidation sites excluding steroid dienone is 2. The van der Waals surface area contributed by atoms with Crippen LogP contribution >= 0.6 is 7.82 Å². The zero-order valence-corrected chi connectivity index (χ0v) is 31.7. The van der Waals surface area contributed by atoms with Gasteiger partial charge in [0, 0.05) is 13.0 Å². The van der Waals surface area contributed by atoms with Crippen LogP contribution in [-0.2, 0) is 27.9 Å². The predicted molar refractivity (Wildman–Crippen MR) is 190 cm³/mol. The summed E-state index contributed by atoms with van der Waals surface area (Å²) in [6, 6.07) is 0. The summed E-state index contributed by atoms with van der Waals surface area (Å²) in [4.78, 5) is 24.6. The molecule has 0 saturated heterocycles. The first-order valence-corrected chi connectivity index (χ1v) is 20.4. The van der Waals surface area contributed by atoms with E-state index in [0.29, 0.717) is 24.1 Å². The Morgan fingerprint density at radius 2 is 1.13 bits per heavy atom. The number of rotatable bonds is 35. The molecule has 0 aromatic carbocycles. The molecule has 46 heavy (non-hydrogen) atoms. The Balaban J connectivity index is 4.05. The topological polar surface area (TPSA) is 94.1 Å². The fourth-order valence-corrected chi connectivity index (χ4v) is 5.80. The summed E-state index contributed by atoms with van der Waals surface area (Å²) in [6.45, 7) is 5.32. The molecule has 0 saturated carbocycles. The Labute approximate surface area is 284 Å². The van der Waals surface area contributed by atoms with Gasteiger partial charge < -0.3 is 27.9 Å². The van der Waals surface area contributed by atoms with E-state index >= 15 is 0 Å². The standard InChI is InChI=1S/C37H74NO7P/c1-6-8-10-12-13-14-15-16-17-18-19-20-21-22-23-24-25-27-29-32-42-34-36(45-37(39)30-28-26-11-9-7-2)35-44-46(40,41)43-33-31-38(3,4)5/h17-18,36H,6-16,19-35H2,1-5H3/b18-17-. The molecule has 9 heteroatoms. The molecular formula is C37H74NO7P. The van der Waals surface area contributed by atoms with E-state index in [2.05, 4.69) is 26.0 Å². The minimum atomic E-state index is -4.50. The van der Waals surface area contributed by atoms with E-state index < -0.39 is 13.9 Å². The molecule has 0 rings (SSSR count). The quantitative estimate of drug-likeness (QED) is 0.0217. The van der Waals surface area contributed by atoms with Crippen LogP contribution in [0.25, 0.3) is 0 Å². The molecule has 0 radical (unpaired) electrons. The first-order valence-electron chi connectivity index (χ1n) is 18.9. The lowest BCUT2D eigenvalue weighted by Crippen LogP contribution is -2.37. The van der Waals surface area contributed by atoms with Gasteiger partial charge in [-0.25, -0.2) is 0 Å². The molecule has 0 aliphatic rings. The van der Waals surface area contributed by atoms with Crippen LogP contribution in [0, 0.1) is 0 Å². The summed E-state index contributed by atoms with van der Waals surface area (Å²) in [5, 5.41) is 0. The molecule has 2 atom stereocenters. The Morgan fingerprint density at radius 1 is 0.652 bits per heavy atom. The third-order valence-electron chi connectivity index (χ3n) is 8.07. The van der Waals surface area contributed by atoms with Crippen molar-refractivity contribution in [2.45, 2.75) is 168 Å². The van der Waals surface area contributed by atoms with Crippen molar-refractivity contribution in [3.63, 3.8) is 0 Å². The van der Waals surface area contributed by atoms with Gasteiger partial charge in [0.1, 0.15) is 19.3 Å². The Hall–Kier alpha value is -0.760. The molecule has 0 fully saturated rings. The maximum atomic E-state index is 12.4. The first-order chi connectivity index (χ1) is 22.1. The second-order valence-corrected chi connectivity index (χ2v) is 15.4. The van der Waals surface area contributed by atoms with E-state index in [9.17, 15) is 14.3 Å². The van der Waals surface area contributed by atoms with E-state index in [-0.39, 0.29) is 25.8 Å². The molecule has 0 aromatic heterocycles. The number of esters is 1. The smallest absolute Gasteiger partial charge is 0.306 e. The molecule has 0 N–H and O–H groups in total. The number of phosphoric acid groups is 1. The summed E-state index contributed by atoms with van der Waals surface area (Å²) < 4.78 is 34.2. The molecule has 0 spiro atoms. The highest BCUT2D eigenvalue weighted by Crippen LogP contribution is 2.38. The number of unbranched alkanes of at least 4 members (excludes halogenated alkanes) is 19. The number of hydrogen-bond donors (Lipinski definition) is 0. The van der Waals surface area contributed by atoms with Crippen molar-refractivity contribution in [3.05, 3.63) is 12.2 Å². The van der Waals surface area contributed by atoms with Crippen molar-refractivity contribution in [2.24, 2.45) is 0 Å². The summed E-state index contributed by atoms with van der Waals surface area (Å²) in [6.07, 6.45) is 31.2. The number of quaternary nitrogens is 1. The van der Waals surface area contributed by atoms with Crippen LogP contribution in [0.1, 0.15) is 162 Å². The van der Waals surface area contributed by atoms with E-state index in [0.717, 1.165) is 44.9 Å². The summed E-state index contributed by atoms with van der Waals surface area (Å²) >= 11 is 0. The van der Waals surface area contributed by atoms with Gasteiger partial charge in [0.25, 0.3) is 7.82 Å². The van der Waals surface area contributed by atoms with E-state index in [1.165, 1.54) is 96.3 Å². The van der Waals surface area contributed by atoms with Crippen molar-refractivity contribution >= 4 is 13.8 Å². The highest BCUT2D eigenvalue weighted by Gasteiger charge is 2.20. The van der Waals surface area contributed by atoms with Crippen LogP contribution < -0.4 is 4.89 Å². The number of likely N-dealkylation sites (N-methyl/N-ethyl adjacent to an activating group) is 1. The Morgan fingerprint density at radius 3 is 1.65 bits per heavy atom. The average molecular weight is 676 g/mol. The summed E-state index contributed by atoms with van der Waals surface area (Å²) in [5.41, 5.74) is 0. The van der Waals surface area contributed by atoms with Gasteiger partial charge in [-0.05, 0) is 38.5 Å². The molecule has 2 unspecified atom stereocenters. The van der Waals surface area contributed by atoms with Gasteiger partial charge in [0.15, 0.2) is 0 Å². The first kappa shape index (κ1) is 45.2. The van der Waals surface area contributed by atoms with Crippen LogP contribution in [0.2, 0.25) is 0 Å². The lowest BCUT2D eigenvalue weighted by molar-refractivity contribution is -0.870. The molecule has 0 aliphatic carbocycles. The highest BCUT2D eigenvalue weighted by atomic mass is 31.2. The van der Waals surface area contributed by atoms with Crippen molar-refractivity contribution in [2.75, 3.05) is 54.1 Å². The van der Waals surface area contributed by atoms with Crippen LogP contribution in [0.3, 0.4) is 0 Å². The Bertz CT molecular complexity index is 756. The lowest BCUT2D eigenvalue weighted by atomic mass is 10.1. The number of carbonyl (C=O) groups is 1.